The molecule has 1 aromatic carbocycles. The Labute approximate surface area is 137 Å². The molecule has 1 atom stereocenters. The first-order valence-electron chi connectivity index (χ1n) is 8.28. The Kier molecular flexibility index (Phi) is 6.44. The number of aliphatic carboxylic acids is 1. The van der Waals surface area contributed by atoms with Crippen molar-refractivity contribution in [3.8, 4) is 5.75 Å². The van der Waals surface area contributed by atoms with Crippen LogP contribution in [-0.2, 0) is 9.59 Å². The largest absolute Gasteiger partial charge is 0.482 e. The SMILES string of the molecule is CC(NC(=O)CCC1CCCC1)c1ccc(OCC(=O)O)cc1. The smallest absolute Gasteiger partial charge is 0.341 e. The second kappa shape index (κ2) is 8.56. The van der Waals surface area contributed by atoms with Crippen molar-refractivity contribution >= 4 is 11.9 Å². The van der Waals surface area contributed by atoms with Crippen LogP contribution >= 0.6 is 0 Å². The van der Waals surface area contributed by atoms with Crippen molar-refractivity contribution in [2.45, 2.75) is 51.5 Å². The maximum absolute atomic E-state index is 12.0. The summed E-state index contributed by atoms with van der Waals surface area (Å²) in [6, 6.07) is 7.07. The summed E-state index contributed by atoms with van der Waals surface area (Å²) in [5.74, 6) is 0.324. The zero-order chi connectivity index (χ0) is 16.7. The molecule has 1 saturated carbocycles. The van der Waals surface area contributed by atoms with Gasteiger partial charge in [-0.25, -0.2) is 4.79 Å². The lowest BCUT2D eigenvalue weighted by Crippen LogP contribution is -2.26. The Bertz CT molecular complexity index is 520. The number of amides is 1. The molecule has 0 aliphatic heterocycles. The molecule has 23 heavy (non-hydrogen) atoms. The van der Waals surface area contributed by atoms with Gasteiger partial charge in [-0.05, 0) is 37.0 Å². The zero-order valence-electron chi connectivity index (χ0n) is 13.6. The average molecular weight is 319 g/mol. The van der Waals surface area contributed by atoms with E-state index in [0.29, 0.717) is 12.2 Å². The third-order valence-electron chi connectivity index (χ3n) is 4.37. The minimum atomic E-state index is -1.00. The van der Waals surface area contributed by atoms with Gasteiger partial charge in [-0.3, -0.25) is 4.79 Å². The molecule has 0 saturated heterocycles. The highest BCUT2D eigenvalue weighted by molar-refractivity contribution is 5.76. The van der Waals surface area contributed by atoms with Crippen LogP contribution in [-0.4, -0.2) is 23.6 Å². The van der Waals surface area contributed by atoms with Gasteiger partial charge in [-0.1, -0.05) is 37.8 Å². The molecular formula is C18H25NO4. The van der Waals surface area contributed by atoms with Crippen LogP contribution in [0.5, 0.6) is 5.75 Å². The molecule has 1 aliphatic carbocycles. The van der Waals surface area contributed by atoms with Gasteiger partial charge in [0.1, 0.15) is 5.75 Å². The molecule has 0 radical (unpaired) electrons. The second-order valence-electron chi connectivity index (χ2n) is 6.23. The van der Waals surface area contributed by atoms with Gasteiger partial charge in [0.05, 0.1) is 6.04 Å². The second-order valence-corrected chi connectivity index (χ2v) is 6.23. The third kappa shape index (κ3) is 5.93. The van der Waals surface area contributed by atoms with Crippen LogP contribution in [0, 0.1) is 5.92 Å². The quantitative estimate of drug-likeness (QED) is 0.771. The van der Waals surface area contributed by atoms with Crippen molar-refractivity contribution in [3.63, 3.8) is 0 Å². The Morgan fingerprint density at radius 1 is 1.26 bits per heavy atom. The Morgan fingerprint density at radius 2 is 1.91 bits per heavy atom. The fourth-order valence-corrected chi connectivity index (χ4v) is 3.03. The van der Waals surface area contributed by atoms with E-state index in [2.05, 4.69) is 5.32 Å². The summed E-state index contributed by atoms with van der Waals surface area (Å²) < 4.78 is 5.09. The van der Waals surface area contributed by atoms with Crippen molar-refractivity contribution in [3.05, 3.63) is 29.8 Å². The number of carbonyl (C=O) groups excluding carboxylic acids is 1. The van der Waals surface area contributed by atoms with Crippen molar-refractivity contribution < 1.29 is 19.4 Å². The Balaban J connectivity index is 1.76. The monoisotopic (exact) mass is 319 g/mol. The van der Waals surface area contributed by atoms with Gasteiger partial charge < -0.3 is 15.2 Å². The summed E-state index contributed by atoms with van der Waals surface area (Å²) in [5, 5.41) is 11.6. The lowest BCUT2D eigenvalue weighted by molar-refractivity contribution is -0.139. The lowest BCUT2D eigenvalue weighted by Gasteiger charge is -2.16. The average Bonchev–Trinajstić information content (AvgIpc) is 3.05. The molecule has 2 rings (SSSR count). The number of carboxylic acids is 1. The highest BCUT2D eigenvalue weighted by Crippen LogP contribution is 2.28. The summed E-state index contributed by atoms with van der Waals surface area (Å²) in [5.41, 5.74) is 0.974. The van der Waals surface area contributed by atoms with Crippen molar-refractivity contribution in [2.24, 2.45) is 5.92 Å². The molecule has 1 amide bonds. The van der Waals surface area contributed by atoms with Crippen LogP contribution in [0.1, 0.15) is 57.1 Å². The fourth-order valence-electron chi connectivity index (χ4n) is 3.03. The molecular weight excluding hydrogens is 294 g/mol. The first-order valence-corrected chi connectivity index (χ1v) is 8.28. The standard InChI is InChI=1S/C18H25NO4/c1-13(19-17(20)11-6-14-4-2-3-5-14)15-7-9-16(10-8-15)23-12-18(21)22/h7-10,13-14H,2-6,11-12H2,1H3,(H,19,20)(H,21,22). The van der Waals surface area contributed by atoms with Crippen LogP contribution in [0.2, 0.25) is 0 Å². The molecule has 0 bridgehead atoms. The van der Waals surface area contributed by atoms with Crippen LogP contribution in [0.4, 0.5) is 0 Å². The van der Waals surface area contributed by atoms with E-state index >= 15 is 0 Å². The summed E-state index contributed by atoms with van der Waals surface area (Å²) in [4.78, 5) is 22.5. The van der Waals surface area contributed by atoms with Gasteiger partial charge >= 0.3 is 5.97 Å². The molecule has 2 N–H and O–H groups in total. The number of benzene rings is 1. The number of carboxylic acid groups (broad SMARTS) is 1. The number of ether oxygens (including phenoxy) is 1. The minimum absolute atomic E-state index is 0.0698. The molecule has 1 aliphatic rings. The van der Waals surface area contributed by atoms with E-state index < -0.39 is 5.97 Å². The Hall–Kier alpha value is -2.04. The number of hydrogen-bond donors (Lipinski definition) is 2. The molecule has 126 valence electrons. The zero-order valence-corrected chi connectivity index (χ0v) is 13.6. The van der Waals surface area contributed by atoms with Gasteiger partial charge in [-0.2, -0.15) is 0 Å². The maximum Gasteiger partial charge on any atom is 0.341 e. The number of rotatable bonds is 8. The van der Waals surface area contributed by atoms with E-state index in [9.17, 15) is 9.59 Å². The van der Waals surface area contributed by atoms with E-state index in [1.54, 1.807) is 12.1 Å². The van der Waals surface area contributed by atoms with Crippen LogP contribution in [0.3, 0.4) is 0 Å². The minimum Gasteiger partial charge on any atom is -0.482 e. The summed E-state index contributed by atoms with van der Waals surface area (Å²) in [6.07, 6.45) is 6.72. The van der Waals surface area contributed by atoms with Crippen LogP contribution in [0.25, 0.3) is 0 Å². The molecule has 1 unspecified atom stereocenters. The number of carbonyl (C=O) groups is 2. The molecule has 1 aromatic rings. The van der Waals surface area contributed by atoms with Crippen molar-refractivity contribution in [1.29, 1.82) is 0 Å². The van der Waals surface area contributed by atoms with Crippen LogP contribution < -0.4 is 10.1 Å². The van der Waals surface area contributed by atoms with Gasteiger partial charge in [0.2, 0.25) is 5.91 Å². The Morgan fingerprint density at radius 3 is 2.52 bits per heavy atom. The van der Waals surface area contributed by atoms with E-state index in [1.165, 1.54) is 25.7 Å². The van der Waals surface area contributed by atoms with Crippen LogP contribution in [0.15, 0.2) is 24.3 Å². The van der Waals surface area contributed by atoms with Crippen molar-refractivity contribution in [2.75, 3.05) is 6.61 Å². The van der Waals surface area contributed by atoms with E-state index in [1.807, 2.05) is 19.1 Å². The van der Waals surface area contributed by atoms with Gasteiger partial charge in [0, 0.05) is 6.42 Å². The predicted octanol–water partition coefficient (Wildman–Crippen LogP) is 3.30. The summed E-state index contributed by atoms with van der Waals surface area (Å²) in [7, 11) is 0. The molecule has 5 nitrogen and oxygen atoms in total. The highest BCUT2D eigenvalue weighted by atomic mass is 16.5. The third-order valence-corrected chi connectivity index (χ3v) is 4.37. The van der Waals surface area contributed by atoms with Gasteiger partial charge in [-0.15, -0.1) is 0 Å². The molecule has 0 aromatic heterocycles. The first-order chi connectivity index (χ1) is 11.0. The van der Waals surface area contributed by atoms with E-state index in [-0.39, 0.29) is 18.6 Å². The number of hydrogen-bond acceptors (Lipinski definition) is 3. The highest BCUT2D eigenvalue weighted by Gasteiger charge is 2.17. The molecule has 0 heterocycles. The summed E-state index contributed by atoms with van der Waals surface area (Å²) >= 11 is 0. The first kappa shape index (κ1) is 17.3. The normalized spacial score (nSPS) is 16.0. The van der Waals surface area contributed by atoms with Gasteiger partial charge in [0.15, 0.2) is 6.61 Å². The molecule has 1 fully saturated rings. The summed E-state index contributed by atoms with van der Waals surface area (Å²) in [6.45, 7) is 1.59. The van der Waals surface area contributed by atoms with E-state index in [4.69, 9.17) is 9.84 Å². The van der Waals surface area contributed by atoms with Gasteiger partial charge in [0.25, 0.3) is 0 Å². The van der Waals surface area contributed by atoms with Crippen molar-refractivity contribution in [1.82, 2.24) is 5.32 Å². The number of nitrogens with one attached hydrogen (secondary N) is 1. The molecule has 0 spiro atoms. The predicted molar refractivity (Wildman–Crippen MR) is 87.3 cm³/mol. The fraction of sp³-hybridized carbons (Fsp3) is 0.556. The lowest BCUT2D eigenvalue weighted by atomic mass is 10.0. The molecule has 5 heteroatoms. The maximum atomic E-state index is 12.0. The van der Waals surface area contributed by atoms with E-state index in [0.717, 1.165) is 17.9 Å². The topological polar surface area (TPSA) is 75.6 Å².